The second-order valence-corrected chi connectivity index (χ2v) is 5.52. The van der Waals surface area contributed by atoms with Crippen molar-refractivity contribution in [3.8, 4) is 10.6 Å². The van der Waals surface area contributed by atoms with Gasteiger partial charge in [-0.1, -0.05) is 41.7 Å². The lowest BCUT2D eigenvalue weighted by Gasteiger charge is -2.17. The number of aromatic nitrogens is 3. The number of pyridine rings is 1. The standard InChI is InChI=1S/C16H14N4OS/c1-2-20(14-5-3-4-10-17-14)16-19-18-15(22-16)13-8-6-12(11-21)7-9-13/h3-11H,2H2,1H3. The number of carbonyl (C=O) groups excluding carboxylic acids is 1. The monoisotopic (exact) mass is 310 g/mol. The molecule has 0 fully saturated rings. The molecule has 0 aliphatic rings. The summed E-state index contributed by atoms with van der Waals surface area (Å²) in [4.78, 5) is 17.1. The summed E-state index contributed by atoms with van der Waals surface area (Å²) in [5, 5.41) is 10.1. The molecule has 0 bridgehead atoms. The van der Waals surface area contributed by atoms with Gasteiger partial charge in [0.15, 0.2) is 0 Å². The summed E-state index contributed by atoms with van der Waals surface area (Å²) in [6.45, 7) is 2.81. The van der Waals surface area contributed by atoms with Crippen LogP contribution in [0.25, 0.3) is 10.6 Å². The molecule has 1 aromatic carbocycles. The molecular weight excluding hydrogens is 296 g/mol. The first-order valence-electron chi connectivity index (χ1n) is 6.89. The van der Waals surface area contributed by atoms with Gasteiger partial charge in [0.1, 0.15) is 17.1 Å². The van der Waals surface area contributed by atoms with Crippen molar-refractivity contribution in [2.75, 3.05) is 11.4 Å². The molecule has 0 N–H and O–H groups in total. The number of aldehydes is 1. The molecule has 0 aliphatic heterocycles. The van der Waals surface area contributed by atoms with Crippen LogP contribution in [0.3, 0.4) is 0 Å². The van der Waals surface area contributed by atoms with Gasteiger partial charge in [0.25, 0.3) is 0 Å². The number of nitrogens with zero attached hydrogens (tertiary/aromatic N) is 4. The summed E-state index contributed by atoms with van der Waals surface area (Å²) in [5.41, 5.74) is 1.60. The third-order valence-electron chi connectivity index (χ3n) is 3.18. The van der Waals surface area contributed by atoms with Crippen LogP contribution in [0.2, 0.25) is 0 Å². The van der Waals surface area contributed by atoms with Crippen molar-refractivity contribution in [3.63, 3.8) is 0 Å². The minimum atomic E-state index is 0.650. The molecule has 0 unspecified atom stereocenters. The van der Waals surface area contributed by atoms with E-state index in [0.717, 1.165) is 34.4 Å². The molecule has 3 rings (SSSR count). The van der Waals surface area contributed by atoms with Gasteiger partial charge >= 0.3 is 0 Å². The van der Waals surface area contributed by atoms with Crippen molar-refractivity contribution >= 4 is 28.6 Å². The molecule has 0 spiro atoms. The SMILES string of the molecule is CCN(c1ccccn1)c1nnc(-c2ccc(C=O)cc2)s1. The van der Waals surface area contributed by atoms with Crippen LogP contribution < -0.4 is 4.90 Å². The first kappa shape index (κ1) is 14.3. The van der Waals surface area contributed by atoms with Gasteiger partial charge in [-0.3, -0.25) is 4.79 Å². The molecule has 0 saturated heterocycles. The Bertz CT molecular complexity index is 755. The van der Waals surface area contributed by atoms with Gasteiger partial charge in [0.2, 0.25) is 5.13 Å². The average Bonchev–Trinajstić information content (AvgIpc) is 3.06. The van der Waals surface area contributed by atoms with Crippen molar-refractivity contribution < 1.29 is 4.79 Å². The Hall–Kier alpha value is -2.60. The maximum atomic E-state index is 10.7. The largest absolute Gasteiger partial charge is 0.301 e. The van der Waals surface area contributed by atoms with Gasteiger partial charge < -0.3 is 4.90 Å². The fraction of sp³-hybridized carbons (Fsp3) is 0.125. The highest BCUT2D eigenvalue weighted by atomic mass is 32.1. The van der Waals surface area contributed by atoms with Gasteiger partial charge in [-0.05, 0) is 19.1 Å². The van der Waals surface area contributed by atoms with E-state index in [4.69, 9.17) is 0 Å². The summed E-state index contributed by atoms with van der Waals surface area (Å²) in [7, 11) is 0. The lowest BCUT2D eigenvalue weighted by molar-refractivity contribution is 0.112. The molecule has 0 amide bonds. The van der Waals surface area contributed by atoms with Crippen molar-refractivity contribution in [2.24, 2.45) is 0 Å². The van der Waals surface area contributed by atoms with Gasteiger partial charge in [-0.25, -0.2) is 4.98 Å². The molecule has 0 radical (unpaired) electrons. The number of rotatable bonds is 5. The van der Waals surface area contributed by atoms with Crippen molar-refractivity contribution in [3.05, 3.63) is 54.2 Å². The molecular formula is C16H14N4OS. The molecule has 0 saturated carbocycles. The first-order chi connectivity index (χ1) is 10.8. The smallest absolute Gasteiger partial charge is 0.214 e. The highest BCUT2D eigenvalue weighted by molar-refractivity contribution is 7.18. The zero-order valence-electron chi connectivity index (χ0n) is 12.0. The number of benzene rings is 1. The van der Waals surface area contributed by atoms with Crippen LogP contribution in [-0.4, -0.2) is 28.0 Å². The van der Waals surface area contributed by atoms with Crippen molar-refractivity contribution in [2.45, 2.75) is 6.92 Å². The van der Waals surface area contributed by atoms with Gasteiger partial charge in [-0.2, -0.15) is 0 Å². The Labute approximate surface area is 132 Å². The van der Waals surface area contributed by atoms with E-state index in [9.17, 15) is 4.79 Å². The molecule has 110 valence electrons. The quantitative estimate of drug-likeness (QED) is 0.674. The zero-order chi connectivity index (χ0) is 15.4. The Morgan fingerprint density at radius 3 is 2.59 bits per heavy atom. The molecule has 2 aromatic heterocycles. The molecule has 3 aromatic rings. The summed E-state index contributed by atoms with van der Waals surface area (Å²) < 4.78 is 0. The van der Waals surface area contributed by atoms with E-state index >= 15 is 0 Å². The summed E-state index contributed by atoms with van der Waals surface area (Å²) in [6.07, 6.45) is 2.59. The molecule has 22 heavy (non-hydrogen) atoms. The fourth-order valence-electron chi connectivity index (χ4n) is 2.05. The minimum absolute atomic E-state index is 0.650. The molecule has 6 heteroatoms. The third-order valence-corrected chi connectivity index (χ3v) is 4.18. The topological polar surface area (TPSA) is 59.0 Å². The highest BCUT2D eigenvalue weighted by Gasteiger charge is 2.14. The van der Waals surface area contributed by atoms with Crippen LogP contribution in [-0.2, 0) is 0 Å². The number of hydrogen-bond acceptors (Lipinski definition) is 6. The summed E-state index contributed by atoms with van der Waals surface area (Å²) in [5.74, 6) is 0.851. The molecule has 5 nitrogen and oxygen atoms in total. The third kappa shape index (κ3) is 2.87. The van der Waals surface area contributed by atoms with E-state index in [1.165, 1.54) is 11.3 Å². The maximum Gasteiger partial charge on any atom is 0.214 e. The lowest BCUT2D eigenvalue weighted by atomic mass is 10.2. The second-order valence-electron chi connectivity index (χ2n) is 4.56. The predicted molar refractivity (Wildman–Crippen MR) is 87.6 cm³/mol. The van der Waals surface area contributed by atoms with Crippen LogP contribution in [0.4, 0.5) is 10.9 Å². The normalized spacial score (nSPS) is 10.4. The first-order valence-corrected chi connectivity index (χ1v) is 7.71. The number of hydrogen-bond donors (Lipinski definition) is 0. The number of carbonyl (C=O) groups is 1. The number of anilines is 2. The van der Waals surface area contributed by atoms with Crippen LogP contribution >= 0.6 is 11.3 Å². The van der Waals surface area contributed by atoms with Crippen LogP contribution in [0.15, 0.2) is 48.7 Å². The summed E-state index contributed by atoms with van der Waals surface area (Å²) in [6, 6.07) is 13.1. The van der Waals surface area contributed by atoms with E-state index in [-0.39, 0.29) is 0 Å². The van der Waals surface area contributed by atoms with E-state index in [0.29, 0.717) is 5.56 Å². The molecule has 2 heterocycles. The Morgan fingerprint density at radius 2 is 1.95 bits per heavy atom. The van der Waals surface area contributed by atoms with E-state index < -0.39 is 0 Å². The highest BCUT2D eigenvalue weighted by Crippen LogP contribution is 2.31. The average molecular weight is 310 g/mol. The summed E-state index contributed by atoms with van der Waals surface area (Å²) >= 11 is 1.50. The zero-order valence-corrected chi connectivity index (χ0v) is 12.8. The Balaban J connectivity index is 1.90. The minimum Gasteiger partial charge on any atom is -0.301 e. The predicted octanol–water partition coefficient (Wildman–Crippen LogP) is 3.57. The maximum absolute atomic E-state index is 10.7. The Morgan fingerprint density at radius 1 is 1.14 bits per heavy atom. The van der Waals surface area contributed by atoms with E-state index in [2.05, 4.69) is 22.1 Å². The van der Waals surface area contributed by atoms with Crippen molar-refractivity contribution in [1.29, 1.82) is 0 Å². The van der Waals surface area contributed by atoms with Crippen LogP contribution in [0.1, 0.15) is 17.3 Å². The second kappa shape index (κ2) is 6.44. The van der Waals surface area contributed by atoms with Crippen LogP contribution in [0.5, 0.6) is 0 Å². The fourth-order valence-corrected chi connectivity index (χ4v) is 2.98. The molecule has 0 atom stereocenters. The van der Waals surface area contributed by atoms with Crippen LogP contribution in [0, 0.1) is 0 Å². The van der Waals surface area contributed by atoms with Gasteiger partial charge in [0.05, 0.1) is 0 Å². The van der Waals surface area contributed by atoms with Gasteiger partial charge in [0, 0.05) is 23.9 Å². The molecule has 0 aliphatic carbocycles. The van der Waals surface area contributed by atoms with E-state index in [1.807, 2.05) is 35.2 Å². The lowest BCUT2D eigenvalue weighted by Crippen LogP contribution is -2.16. The van der Waals surface area contributed by atoms with Crippen molar-refractivity contribution in [1.82, 2.24) is 15.2 Å². The van der Waals surface area contributed by atoms with E-state index in [1.54, 1.807) is 18.3 Å². The van der Waals surface area contributed by atoms with Gasteiger partial charge in [-0.15, -0.1) is 10.2 Å². The Kier molecular flexibility index (Phi) is 4.20.